The van der Waals surface area contributed by atoms with Crippen molar-refractivity contribution < 1.29 is 0 Å². The maximum absolute atomic E-state index is 4.57. The fraction of sp³-hybridized carbons (Fsp3) is 0. The standard InChI is InChI=1S/C14H8N2S4/c17-9-15-11-1-5-13(6-2-11)19-20-14-7-3-12(4-8-14)16-10-18/h1-8H. The molecule has 0 aliphatic rings. The van der Waals surface area contributed by atoms with Gasteiger partial charge in [-0.2, -0.15) is 9.98 Å². The molecular weight excluding hydrogens is 324 g/mol. The molecule has 0 fully saturated rings. The molecule has 0 aliphatic carbocycles. The van der Waals surface area contributed by atoms with Crippen LogP contribution in [0.2, 0.25) is 0 Å². The SMILES string of the molecule is S=C=Nc1ccc(SSc2ccc(N=C=S)cc2)cc1. The number of rotatable bonds is 5. The molecule has 2 aromatic carbocycles. The van der Waals surface area contributed by atoms with E-state index in [0.29, 0.717) is 0 Å². The highest BCUT2D eigenvalue weighted by Crippen LogP contribution is 2.38. The molecule has 0 radical (unpaired) electrons. The first-order valence-corrected chi connectivity index (χ1v) is 8.49. The highest BCUT2D eigenvalue weighted by molar-refractivity contribution is 8.76. The molecule has 0 aliphatic heterocycles. The number of thiocarbonyl (C=S) groups is 2. The average Bonchev–Trinajstić information content (AvgIpc) is 2.49. The molecule has 0 unspecified atom stereocenters. The Morgan fingerprint density at radius 2 is 1.00 bits per heavy atom. The minimum absolute atomic E-state index is 0.816. The van der Waals surface area contributed by atoms with E-state index in [9.17, 15) is 0 Å². The van der Waals surface area contributed by atoms with Gasteiger partial charge < -0.3 is 0 Å². The Labute approximate surface area is 135 Å². The predicted octanol–water partition coefficient (Wildman–Crippen LogP) is 5.95. The van der Waals surface area contributed by atoms with Gasteiger partial charge in [0.25, 0.3) is 0 Å². The Hall–Kier alpha value is -1.26. The molecular formula is C14H8N2S4. The second-order valence-corrected chi connectivity index (χ2v) is 6.20. The molecule has 20 heavy (non-hydrogen) atoms. The third-order valence-electron chi connectivity index (χ3n) is 2.26. The maximum Gasteiger partial charge on any atom is 0.0740 e. The summed E-state index contributed by atoms with van der Waals surface area (Å²) in [6.45, 7) is 0. The van der Waals surface area contributed by atoms with E-state index in [1.807, 2.05) is 48.5 Å². The van der Waals surface area contributed by atoms with Crippen molar-refractivity contribution in [2.75, 3.05) is 0 Å². The van der Waals surface area contributed by atoms with Crippen LogP contribution >= 0.6 is 46.0 Å². The van der Waals surface area contributed by atoms with Crippen LogP contribution in [0.25, 0.3) is 0 Å². The number of benzene rings is 2. The van der Waals surface area contributed by atoms with E-state index >= 15 is 0 Å². The Morgan fingerprint density at radius 1 is 0.650 bits per heavy atom. The second kappa shape index (κ2) is 8.12. The molecule has 0 spiro atoms. The summed E-state index contributed by atoms with van der Waals surface area (Å²) in [6, 6.07) is 15.7. The molecule has 2 rings (SSSR count). The van der Waals surface area contributed by atoms with Crippen LogP contribution in [0.4, 0.5) is 11.4 Å². The van der Waals surface area contributed by atoms with Gasteiger partial charge in [-0.1, -0.05) is 21.6 Å². The zero-order chi connectivity index (χ0) is 14.2. The van der Waals surface area contributed by atoms with Crippen LogP contribution in [0, 0.1) is 0 Å². The van der Waals surface area contributed by atoms with Crippen molar-refractivity contribution in [3.8, 4) is 0 Å². The fourth-order valence-corrected chi connectivity index (χ4v) is 3.50. The number of isothiocyanates is 2. The molecule has 2 nitrogen and oxygen atoms in total. The molecule has 0 heterocycles. The van der Waals surface area contributed by atoms with Crippen molar-refractivity contribution in [2.45, 2.75) is 9.79 Å². The van der Waals surface area contributed by atoms with Crippen LogP contribution in [0.15, 0.2) is 68.3 Å². The summed E-state index contributed by atoms with van der Waals surface area (Å²) < 4.78 is 0. The third kappa shape index (κ3) is 4.69. The highest BCUT2D eigenvalue weighted by Gasteiger charge is 1.98. The Balaban J connectivity index is 1.97. The van der Waals surface area contributed by atoms with Crippen molar-refractivity contribution in [1.29, 1.82) is 0 Å². The molecule has 98 valence electrons. The maximum atomic E-state index is 4.57. The lowest BCUT2D eigenvalue weighted by Gasteiger charge is -2.01. The quantitative estimate of drug-likeness (QED) is 0.383. The molecule has 0 aromatic heterocycles. The lowest BCUT2D eigenvalue weighted by atomic mass is 10.3. The van der Waals surface area contributed by atoms with Crippen molar-refractivity contribution in [2.24, 2.45) is 9.98 Å². The summed E-state index contributed by atoms with van der Waals surface area (Å²) in [5.41, 5.74) is 1.63. The largest absolute Gasteiger partial charge is 0.195 e. The summed E-state index contributed by atoms with van der Waals surface area (Å²) in [7, 11) is 3.36. The van der Waals surface area contributed by atoms with Crippen molar-refractivity contribution >= 4 is 67.7 Å². The van der Waals surface area contributed by atoms with E-state index in [4.69, 9.17) is 0 Å². The van der Waals surface area contributed by atoms with Gasteiger partial charge in [0.1, 0.15) is 0 Å². The summed E-state index contributed by atoms with van der Waals surface area (Å²) in [5.74, 6) is 0. The van der Waals surface area contributed by atoms with E-state index in [1.54, 1.807) is 21.6 Å². The molecule has 0 saturated heterocycles. The van der Waals surface area contributed by atoms with Gasteiger partial charge in [0.05, 0.1) is 21.7 Å². The van der Waals surface area contributed by atoms with Gasteiger partial charge in [0.2, 0.25) is 0 Å². The van der Waals surface area contributed by atoms with Crippen LogP contribution in [0.5, 0.6) is 0 Å². The van der Waals surface area contributed by atoms with Crippen LogP contribution in [0.1, 0.15) is 0 Å². The molecule has 0 amide bonds. The highest BCUT2D eigenvalue weighted by atomic mass is 33.1. The van der Waals surface area contributed by atoms with E-state index in [-0.39, 0.29) is 0 Å². The van der Waals surface area contributed by atoms with Crippen molar-refractivity contribution in [3.05, 3.63) is 48.5 Å². The van der Waals surface area contributed by atoms with E-state index in [1.165, 1.54) is 0 Å². The summed E-state index contributed by atoms with van der Waals surface area (Å²) in [5, 5.41) is 4.70. The number of nitrogens with zero attached hydrogens (tertiary/aromatic N) is 2. The Kier molecular flexibility index (Phi) is 6.15. The summed E-state index contributed by atoms with van der Waals surface area (Å²) in [4.78, 5) is 10.1. The van der Waals surface area contributed by atoms with Gasteiger partial charge in [-0.25, -0.2) is 0 Å². The van der Waals surface area contributed by atoms with Crippen molar-refractivity contribution in [3.63, 3.8) is 0 Å². The minimum Gasteiger partial charge on any atom is -0.195 e. The van der Waals surface area contributed by atoms with Crippen molar-refractivity contribution in [1.82, 2.24) is 0 Å². The zero-order valence-electron chi connectivity index (χ0n) is 10.1. The van der Waals surface area contributed by atoms with Gasteiger partial charge in [0.15, 0.2) is 0 Å². The summed E-state index contributed by atoms with van der Waals surface area (Å²) >= 11 is 9.13. The lowest BCUT2D eigenvalue weighted by Crippen LogP contribution is -1.70. The molecule has 2 aromatic rings. The molecule has 0 N–H and O–H groups in total. The monoisotopic (exact) mass is 332 g/mol. The van der Waals surface area contributed by atoms with Gasteiger partial charge in [-0.3, -0.25) is 0 Å². The Bertz CT molecular complexity index is 606. The second-order valence-electron chi connectivity index (χ2n) is 3.56. The van der Waals surface area contributed by atoms with Crippen LogP contribution in [-0.2, 0) is 0 Å². The van der Waals surface area contributed by atoms with E-state index in [0.717, 1.165) is 21.2 Å². The lowest BCUT2D eigenvalue weighted by molar-refractivity contribution is 1.43. The van der Waals surface area contributed by atoms with Gasteiger partial charge in [-0.15, -0.1) is 0 Å². The minimum atomic E-state index is 0.816. The Morgan fingerprint density at radius 3 is 1.30 bits per heavy atom. The van der Waals surface area contributed by atoms with Crippen LogP contribution in [-0.4, -0.2) is 10.3 Å². The zero-order valence-corrected chi connectivity index (χ0v) is 13.4. The number of hydrogen-bond donors (Lipinski definition) is 0. The third-order valence-corrected chi connectivity index (χ3v) is 4.86. The summed E-state index contributed by atoms with van der Waals surface area (Å²) in [6.07, 6.45) is 0. The van der Waals surface area contributed by atoms with E-state index < -0.39 is 0 Å². The number of hydrogen-bond acceptors (Lipinski definition) is 6. The smallest absolute Gasteiger partial charge is 0.0740 e. The first-order chi connectivity index (χ1) is 9.81. The molecule has 6 heteroatoms. The van der Waals surface area contributed by atoms with Crippen LogP contribution in [0.3, 0.4) is 0 Å². The van der Waals surface area contributed by atoms with Gasteiger partial charge in [-0.05, 0) is 73.0 Å². The number of aliphatic imine (C=N–C) groups is 2. The van der Waals surface area contributed by atoms with Crippen LogP contribution < -0.4 is 0 Å². The first-order valence-electron chi connectivity index (χ1n) is 5.52. The van der Waals surface area contributed by atoms with E-state index in [2.05, 4.69) is 44.7 Å². The topological polar surface area (TPSA) is 24.7 Å². The fourth-order valence-electron chi connectivity index (χ4n) is 1.35. The van der Waals surface area contributed by atoms with Gasteiger partial charge >= 0.3 is 0 Å². The molecule has 0 bridgehead atoms. The van der Waals surface area contributed by atoms with Gasteiger partial charge in [0, 0.05) is 9.79 Å². The first kappa shape index (κ1) is 15.1. The molecule has 0 atom stereocenters. The average molecular weight is 332 g/mol. The normalized spacial score (nSPS) is 9.40. The molecule has 0 saturated carbocycles. The predicted molar refractivity (Wildman–Crippen MR) is 94.0 cm³/mol.